The van der Waals surface area contributed by atoms with Crippen LogP contribution in [0.1, 0.15) is 208 Å². The van der Waals surface area contributed by atoms with Gasteiger partial charge in [0.15, 0.2) is 0 Å². The van der Waals surface area contributed by atoms with Gasteiger partial charge in [0.1, 0.15) is 12.2 Å². The third-order valence-corrected chi connectivity index (χ3v) is 16.3. The molecule has 17 heteroatoms. The van der Waals surface area contributed by atoms with Crippen molar-refractivity contribution in [2.24, 2.45) is 23.7 Å². The Morgan fingerprint density at radius 3 is 1.25 bits per heavy atom. The summed E-state index contributed by atoms with van der Waals surface area (Å²) in [4.78, 5) is 25.7. The van der Waals surface area contributed by atoms with Crippen LogP contribution in [-0.2, 0) is 20.3 Å². The van der Waals surface area contributed by atoms with Gasteiger partial charge in [0.05, 0.1) is 75.3 Å². The van der Waals surface area contributed by atoms with Crippen molar-refractivity contribution < 1.29 is 69.4 Å². The molecule has 476 valence electrons. The van der Waals surface area contributed by atoms with Crippen LogP contribution in [0.2, 0.25) is 0 Å². The summed E-state index contributed by atoms with van der Waals surface area (Å²) < 4.78 is 22.2. The van der Waals surface area contributed by atoms with Crippen molar-refractivity contribution in [3.05, 3.63) is 139 Å². The Morgan fingerprint density at radius 1 is 0.588 bits per heavy atom. The second-order valence-electron chi connectivity index (χ2n) is 25.1. The summed E-state index contributed by atoms with van der Waals surface area (Å²) in [5.41, 5.74) is 0.501. The average Bonchev–Trinajstić information content (AvgIpc) is 3.29. The van der Waals surface area contributed by atoms with Crippen LogP contribution in [-0.4, -0.2) is 149 Å². The van der Waals surface area contributed by atoms with Crippen LogP contribution in [0, 0.1) is 35.8 Å². The van der Waals surface area contributed by atoms with Gasteiger partial charge in [-0.25, -0.2) is 0 Å². The Bertz CT molecular complexity index is 2380. The molecule has 0 spiro atoms. The standard InChI is InChI=1S/2C34H53O8.Mg/c2*1-7-8-9-10-11-22(2)16-24(4)18-25(20-35)17-23(3)12-14-29(38)34(5,6)30-15-13-27(33(40)42-30)32-31(39)28(37)19-26(21-36)41-32;/h2*12,14-15,17-18,22,25-26,28-29,31-32,35-39H,7-11,16,19-21H2,1-6H3;/q2*-1;+2/b2*14-12+,23-17+,24-18-;/t2*22?,25?,26-,28-,29?,31+,32-;/m00./s1. The Kier molecular flexibility index (Phi) is 35.6. The molecule has 4 rings (SSSR count). The quantitative estimate of drug-likeness (QED) is 0.0108. The number of hydrogen-bond donors (Lipinski definition) is 10. The number of aliphatic hydroxyl groups is 10. The molecule has 0 saturated carbocycles. The van der Waals surface area contributed by atoms with E-state index in [2.05, 4.69) is 65.8 Å². The second kappa shape index (κ2) is 38.9. The molecule has 2 aromatic rings. The van der Waals surface area contributed by atoms with Crippen molar-refractivity contribution in [2.75, 3.05) is 26.4 Å². The number of rotatable bonds is 32. The maximum absolute atomic E-state index is 12.8. The summed E-state index contributed by atoms with van der Waals surface area (Å²) in [6, 6.07) is 8.49. The van der Waals surface area contributed by atoms with Gasteiger partial charge < -0.3 is 79.0 Å². The number of ether oxygens (including phenoxy) is 2. The van der Waals surface area contributed by atoms with E-state index in [1.165, 1.54) is 87.5 Å². The van der Waals surface area contributed by atoms with E-state index in [1.807, 2.05) is 26.0 Å². The van der Waals surface area contributed by atoms with E-state index < -0.39 is 83.1 Å². The predicted molar refractivity (Wildman–Crippen MR) is 334 cm³/mol. The zero-order valence-electron chi connectivity index (χ0n) is 53.2. The van der Waals surface area contributed by atoms with E-state index in [0.29, 0.717) is 11.8 Å². The van der Waals surface area contributed by atoms with Crippen molar-refractivity contribution in [1.29, 1.82) is 0 Å². The first-order valence-electron chi connectivity index (χ1n) is 30.7. The van der Waals surface area contributed by atoms with E-state index >= 15 is 0 Å². The van der Waals surface area contributed by atoms with Crippen LogP contribution in [0.5, 0.6) is 0 Å². The first kappa shape index (κ1) is 77.7. The molecule has 0 bridgehead atoms. The average molecular weight is 1200 g/mol. The number of aliphatic hydroxyl groups excluding tert-OH is 10. The van der Waals surface area contributed by atoms with Crippen LogP contribution in [0.4, 0.5) is 0 Å². The SMILES string of the molecule is CCCCCCC(C)C/C(C)=C\C(/C=C(C)/C=C/C(O)C(C)(C)c1c[c-]c([C@@H]2O[C@H](CO)C[C@H](O)[C@H]2O)c(=O)o1)CO.CCCCCCC(C)C/C(C)=C\C(/C=C(C)/C=C/C(O)C(C)(C)c1c[c-]c([C@@H]2O[C@H](CO)C[C@H](O)[C@H]2O)c(=O)o1)CO.[Mg+2]. The van der Waals surface area contributed by atoms with Crippen LogP contribution >= 0.6 is 0 Å². The molecule has 2 saturated heterocycles. The molecular formula is C68H106MgO16. The minimum absolute atomic E-state index is 0. The van der Waals surface area contributed by atoms with Crippen molar-refractivity contribution in [2.45, 2.75) is 245 Å². The normalized spacial score (nSPS) is 24.4. The molecule has 0 radical (unpaired) electrons. The molecule has 2 aromatic heterocycles. The summed E-state index contributed by atoms with van der Waals surface area (Å²) in [7, 11) is 0. The molecule has 16 nitrogen and oxygen atoms in total. The van der Waals surface area contributed by atoms with Crippen LogP contribution in [0.25, 0.3) is 0 Å². The Labute approximate surface area is 523 Å². The van der Waals surface area contributed by atoms with Gasteiger partial charge in [0.25, 0.3) is 0 Å². The van der Waals surface area contributed by atoms with Gasteiger partial charge >= 0.3 is 23.1 Å². The Balaban J connectivity index is 0.000000573. The van der Waals surface area contributed by atoms with Gasteiger partial charge in [-0.15, -0.1) is 12.1 Å². The second-order valence-corrected chi connectivity index (χ2v) is 25.1. The Morgan fingerprint density at radius 2 is 0.941 bits per heavy atom. The summed E-state index contributed by atoms with van der Waals surface area (Å²) in [6.07, 6.45) is 18.7. The van der Waals surface area contributed by atoms with Crippen molar-refractivity contribution in [3.8, 4) is 0 Å². The molecule has 10 N–H and O–H groups in total. The first-order chi connectivity index (χ1) is 39.7. The minimum Gasteiger partial charge on any atom is -0.547 e. The Hall–Kier alpha value is -3.37. The monoisotopic (exact) mass is 1200 g/mol. The summed E-state index contributed by atoms with van der Waals surface area (Å²) in [5, 5.41) is 102. The fourth-order valence-electron chi connectivity index (χ4n) is 10.8. The van der Waals surface area contributed by atoms with Crippen molar-refractivity contribution in [3.63, 3.8) is 0 Å². The van der Waals surface area contributed by atoms with Crippen LogP contribution in [0.3, 0.4) is 0 Å². The molecule has 2 aliphatic heterocycles. The summed E-state index contributed by atoms with van der Waals surface area (Å²) in [5.74, 6) is 1.33. The van der Waals surface area contributed by atoms with Crippen molar-refractivity contribution >= 4 is 23.1 Å². The first-order valence-corrected chi connectivity index (χ1v) is 30.7. The van der Waals surface area contributed by atoms with Crippen LogP contribution in [0.15, 0.2) is 101 Å². The molecule has 2 fully saturated rings. The molecule has 14 atom stereocenters. The van der Waals surface area contributed by atoms with Crippen molar-refractivity contribution in [1.82, 2.24) is 0 Å². The summed E-state index contributed by atoms with van der Waals surface area (Å²) in [6.45, 7) is 23.2. The number of unbranched alkanes of at least 4 members (excludes halogenated alkanes) is 6. The maximum atomic E-state index is 12.8. The molecule has 6 unspecified atom stereocenters. The number of allylic oxidation sites excluding steroid dienone is 6. The molecule has 2 aliphatic rings. The molecular weight excluding hydrogens is 1100 g/mol. The summed E-state index contributed by atoms with van der Waals surface area (Å²) >= 11 is 0. The van der Waals surface area contributed by atoms with Gasteiger partial charge in [0.2, 0.25) is 11.3 Å². The molecule has 0 amide bonds. The fraction of sp³-hybridized carbons (Fsp3) is 0.676. The zero-order valence-corrected chi connectivity index (χ0v) is 54.6. The van der Waals surface area contributed by atoms with E-state index in [4.69, 9.17) is 18.3 Å². The van der Waals surface area contributed by atoms with Gasteiger partial charge in [-0.2, -0.15) is 12.1 Å². The molecule has 0 aromatic carbocycles. The van der Waals surface area contributed by atoms with Crippen LogP contribution < -0.4 is 11.3 Å². The van der Waals surface area contributed by atoms with Gasteiger partial charge in [-0.05, 0) is 75.0 Å². The number of hydrogen-bond acceptors (Lipinski definition) is 16. The van der Waals surface area contributed by atoms with Gasteiger partial charge in [-0.3, -0.25) is 0 Å². The fourth-order valence-corrected chi connectivity index (χ4v) is 10.8. The minimum atomic E-state index is -1.37. The topological polar surface area (TPSA) is 281 Å². The molecule has 85 heavy (non-hydrogen) atoms. The third kappa shape index (κ3) is 25.2. The molecule has 4 heterocycles. The zero-order chi connectivity index (χ0) is 62.9. The largest absolute Gasteiger partial charge is 2.00 e. The third-order valence-electron chi connectivity index (χ3n) is 16.3. The van der Waals surface area contributed by atoms with E-state index in [0.717, 1.165) is 24.0 Å². The predicted octanol–water partition coefficient (Wildman–Crippen LogP) is 8.97. The van der Waals surface area contributed by atoms with E-state index in [9.17, 15) is 60.7 Å². The van der Waals surface area contributed by atoms with E-state index in [1.54, 1.807) is 52.0 Å². The molecule has 0 aliphatic carbocycles. The smallest absolute Gasteiger partial charge is 0.547 e. The van der Waals surface area contributed by atoms with Gasteiger partial charge in [0, 0.05) is 35.5 Å². The maximum Gasteiger partial charge on any atom is 2.00 e. The van der Waals surface area contributed by atoms with Gasteiger partial charge in [-0.1, -0.05) is 190 Å². The van der Waals surface area contributed by atoms with E-state index in [-0.39, 0.29) is 96.8 Å².